The maximum Gasteiger partial charge on any atom is 0.224 e. The monoisotopic (exact) mass is 297 g/mol. The molecule has 0 saturated carbocycles. The Balaban J connectivity index is 1.88. The minimum absolute atomic E-state index is 0.0609. The van der Waals surface area contributed by atoms with Crippen LogP contribution < -0.4 is 10.6 Å². The zero-order valence-corrected chi connectivity index (χ0v) is 13.3. The number of carbonyl (C=O) groups excluding carboxylic acids is 1. The molecular weight excluding hydrogens is 274 g/mol. The van der Waals surface area contributed by atoms with Crippen LogP contribution in [0.15, 0.2) is 37.1 Å². The van der Waals surface area contributed by atoms with E-state index in [4.69, 9.17) is 0 Å². The van der Waals surface area contributed by atoms with Crippen LogP contribution in [0.4, 0.5) is 5.69 Å². The minimum Gasteiger partial charge on any atom is -0.383 e. The van der Waals surface area contributed by atoms with Crippen molar-refractivity contribution < 1.29 is 4.79 Å². The molecule has 1 fully saturated rings. The summed E-state index contributed by atoms with van der Waals surface area (Å²) >= 11 is 0. The summed E-state index contributed by atoms with van der Waals surface area (Å²) in [6.07, 6.45) is 1.34. The Labute approximate surface area is 131 Å². The fourth-order valence-electron chi connectivity index (χ4n) is 3.30. The molecule has 2 heterocycles. The first-order chi connectivity index (χ1) is 10.5. The Hall–Kier alpha value is -2.23. The molecule has 1 aromatic rings. The second-order valence-corrected chi connectivity index (χ2v) is 6.33. The lowest BCUT2D eigenvalue weighted by molar-refractivity contribution is -0.121. The Morgan fingerprint density at radius 1 is 1.36 bits per heavy atom. The van der Waals surface area contributed by atoms with Crippen LogP contribution in [0, 0.1) is 0 Å². The van der Waals surface area contributed by atoms with Crippen LogP contribution in [-0.2, 0) is 11.3 Å². The molecule has 1 amide bonds. The summed E-state index contributed by atoms with van der Waals surface area (Å²) in [4.78, 5) is 13.7. The number of benzene rings is 1. The number of fused-ring (bicyclic) bond motifs is 1. The van der Waals surface area contributed by atoms with Gasteiger partial charge in [-0.2, -0.15) is 0 Å². The second kappa shape index (κ2) is 5.52. The van der Waals surface area contributed by atoms with E-state index in [9.17, 15) is 4.79 Å². The van der Waals surface area contributed by atoms with Crippen molar-refractivity contribution in [2.45, 2.75) is 45.3 Å². The molecule has 2 N–H and O–H groups in total. The molecule has 22 heavy (non-hydrogen) atoms. The largest absolute Gasteiger partial charge is 0.383 e. The van der Waals surface area contributed by atoms with Gasteiger partial charge in [0.2, 0.25) is 5.91 Å². The highest BCUT2D eigenvalue weighted by Gasteiger charge is 2.34. The van der Waals surface area contributed by atoms with Gasteiger partial charge in [-0.3, -0.25) is 4.79 Å². The van der Waals surface area contributed by atoms with Gasteiger partial charge in [0, 0.05) is 47.2 Å². The van der Waals surface area contributed by atoms with Crippen LogP contribution in [0.2, 0.25) is 0 Å². The average molecular weight is 297 g/mol. The first kappa shape index (κ1) is 14.7. The second-order valence-electron chi connectivity index (χ2n) is 6.33. The standard InChI is InChI=1S/C18H23N3O/c1-11(2)19-16-7-5-6-14-13(4)21(10-15(14)16)17-8-9-18(22)20-12(17)3/h5-7,11,17,19H,3-4,8-10H2,1-2H3,(H,20,22). The number of nitrogens with zero attached hydrogens (tertiary/aromatic N) is 1. The molecular formula is C18H23N3O. The Kier molecular flexibility index (Phi) is 3.69. The van der Waals surface area contributed by atoms with Crippen molar-refractivity contribution in [3.63, 3.8) is 0 Å². The molecule has 0 aliphatic carbocycles. The maximum absolute atomic E-state index is 11.5. The minimum atomic E-state index is 0.0609. The van der Waals surface area contributed by atoms with Crippen molar-refractivity contribution in [3.8, 4) is 0 Å². The summed E-state index contributed by atoms with van der Waals surface area (Å²) in [6, 6.07) is 6.82. The fraction of sp³-hybridized carbons (Fsp3) is 0.389. The van der Waals surface area contributed by atoms with E-state index in [0.29, 0.717) is 12.5 Å². The van der Waals surface area contributed by atoms with Gasteiger partial charge in [0.25, 0.3) is 0 Å². The van der Waals surface area contributed by atoms with E-state index in [-0.39, 0.29) is 11.9 Å². The van der Waals surface area contributed by atoms with E-state index < -0.39 is 0 Å². The van der Waals surface area contributed by atoms with E-state index in [1.165, 1.54) is 16.8 Å². The lowest BCUT2D eigenvalue weighted by Crippen LogP contribution is -2.43. The van der Waals surface area contributed by atoms with Crippen LogP contribution in [-0.4, -0.2) is 22.9 Å². The van der Waals surface area contributed by atoms with Crippen molar-refractivity contribution >= 4 is 17.3 Å². The third kappa shape index (κ3) is 2.49. The van der Waals surface area contributed by atoms with Gasteiger partial charge in [-0.25, -0.2) is 0 Å². The van der Waals surface area contributed by atoms with Gasteiger partial charge in [0.15, 0.2) is 0 Å². The van der Waals surface area contributed by atoms with E-state index in [0.717, 1.165) is 24.4 Å². The Bertz CT molecular complexity index is 648. The number of carbonyl (C=O) groups is 1. The number of rotatable bonds is 3. The summed E-state index contributed by atoms with van der Waals surface area (Å²) in [5.74, 6) is 0.0609. The van der Waals surface area contributed by atoms with Gasteiger partial charge in [-0.05, 0) is 26.3 Å². The molecule has 116 valence electrons. The fourth-order valence-corrected chi connectivity index (χ4v) is 3.30. The van der Waals surface area contributed by atoms with E-state index in [1.807, 2.05) is 0 Å². The van der Waals surface area contributed by atoms with Gasteiger partial charge in [-0.1, -0.05) is 25.3 Å². The van der Waals surface area contributed by atoms with Gasteiger partial charge >= 0.3 is 0 Å². The highest BCUT2D eigenvalue weighted by atomic mass is 16.1. The van der Waals surface area contributed by atoms with Gasteiger partial charge in [0.05, 0.1) is 6.04 Å². The highest BCUT2D eigenvalue weighted by Crippen LogP contribution is 2.39. The molecule has 4 heteroatoms. The van der Waals surface area contributed by atoms with Crippen LogP contribution in [0.3, 0.4) is 0 Å². The molecule has 0 radical (unpaired) electrons. The topological polar surface area (TPSA) is 44.4 Å². The predicted molar refractivity (Wildman–Crippen MR) is 90.1 cm³/mol. The van der Waals surface area contributed by atoms with Crippen molar-refractivity contribution in [3.05, 3.63) is 48.2 Å². The first-order valence-corrected chi connectivity index (χ1v) is 7.80. The molecule has 0 bridgehead atoms. The van der Waals surface area contributed by atoms with Gasteiger partial charge < -0.3 is 15.5 Å². The van der Waals surface area contributed by atoms with Crippen LogP contribution in [0.5, 0.6) is 0 Å². The number of anilines is 1. The van der Waals surface area contributed by atoms with Crippen molar-refractivity contribution in [1.82, 2.24) is 10.2 Å². The van der Waals surface area contributed by atoms with Crippen molar-refractivity contribution in [1.29, 1.82) is 0 Å². The Morgan fingerprint density at radius 2 is 2.14 bits per heavy atom. The third-order valence-electron chi connectivity index (χ3n) is 4.33. The van der Waals surface area contributed by atoms with Gasteiger partial charge in [0.1, 0.15) is 0 Å². The van der Waals surface area contributed by atoms with E-state index in [2.05, 4.69) is 60.7 Å². The zero-order valence-electron chi connectivity index (χ0n) is 13.3. The number of amides is 1. The van der Waals surface area contributed by atoms with Crippen molar-refractivity contribution in [2.24, 2.45) is 0 Å². The molecule has 1 saturated heterocycles. The summed E-state index contributed by atoms with van der Waals surface area (Å²) in [5.41, 5.74) is 5.44. The third-order valence-corrected chi connectivity index (χ3v) is 4.33. The summed E-state index contributed by atoms with van der Waals surface area (Å²) in [7, 11) is 0. The molecule has 4 nitrogen and oxygen atoms in total. The normalized spacial score (nSPS) is 21.1. The lowest BCUT2D eigenvalue weighted by Gasteiger charge is -2.35. The van der Waals surface area contributed by atoms with Crippen LogP contribution in [0.1, 0.15) is 37.8 Å². The molecule has 1 atom stereocenters. The quantitative estimate of drug-likeness (QED) is 0.901. The van der Waals surface area contributed by atoms with E-state index >= 15 is 0 Å². The number of piperidine rings is 1. The molecule has 0 aromatic heterocycles. The Morgan fingerprint density at radius 3 is 2.82 bits per heavy atom. The first-order valence-electron chi connectivity index (χ1n) is 7.80. The summed E-state index contributed by atoms with van der Waals surface area (Å²) in [5, 5.41) is 6.38. The summed E-state index contributed by atoms with van der Waals surface area (Å²) < 4.78 is 0. The SMILES string of the molecule is C=C1NC(=O)CCC1N1Cc2c(NC(C)C)cccc2C1=C. The molecule has 1 aromatic carbocycles. The maximum atomic E-state index is 11.5. The van der Waals surface area contributed by atoms with Crippen LogP contribution >= 0.6 is 0 Å². The molecule has 2 aliphatic heterocycles. The zero-order chi connectivity index (χ0) is 15.9. The smallest absolute Gasteiger partial charge is 0.224 e. The average Bonchev–Trinajstić information content (AvgIpc) is 2.77. The van der Waals surface area contributed by atoms with Gasteiger partial charge in [-0.15, -0.1) is 0 Å². The number of hydrogen-bond acceptors (Lipinski definition) is 3. The highest BCUT2D eigenvalue weighted by molar-refractivity contribution is 5.80. The van der Waals surface area contributed by atoms with Crippen LogP contribution in [0.25, 0.3) is 5.70 Å². The van der Waals surface area contributed by atoms with E-state index in [1.54, 1.807) is 0 Å². The number of hydrogen-bond donors (Lipinski definition) is 2. The summed E-state index contributed by atoms with van der Waals surface area (Å²) in [6.45, 7) is 13.4. The molecule has 0 spiro atoms. The predicted octanol–water partition coefficient (Wildman–Crippen LogP) is 3.09. The lowest BCUT2D eigenvalue weighted by atomic mass is 10.0. The number of nitrogens with one attached hydrogen (secondary N) is 2. The molecule has 3 rings (SSSR count). The molecule has 2 aliphatic rings. The van der Waals surface area contributed by atoms with Crippen molar-refractivity contribution in [2.75, 3.05) is 5.32 Å². The molecule has 1 unspecified atom stereocenters.